The lowest BCUT2D eigenvalue weighted by atomic mass is 10.0. The molecule has 4 N–H and O–H groups in total. The van der Waals surface area contributed by atoms with Crippen LogP contribution in [0.25, 0.3) is 0 Å². The SMILES string of the molecule is O=C1NC(CCO)C(CCO)N1. The van der Waals surface area contributed by atoms with Crippen LogP contribution in [0, 0.1) is 0 Å². The lowest BCUT2D eigenvalue weighted by Crippen LogP contribution is -2.35. The summed E-state index contributed by atoms with van der Waals surface area (Å²) in [5.41, 5.74) is 0. The minimum atomic E-state index is -0.216. The van der Waals surface area contributed by atoms with Crippen LogP contribution < -0.4 is 10.6 Å². The normalized spacial score (nSPS) is 28.3. The highest BCUT2D eigenvalue weighted by Crippen LogP contribution is 2.08. The van der Waals surface area contributed by atoms with Crippen LogP contribution in [0.4, 0.5) is 4.79 Å². The van der Waals surface area contributed by atoms with E-state index in [0.29, 0.717) is 12.8 Å². The number of carbonyl (C=O) groups is 1. The van der Waals surface area contributed by atoms with Crippen molar-refractivity contribution in [1.82, 2.24) is 10.6 Å². The highest BCUT2D eigenvalue weighted by Gasteiger charge is 2.29. The van der Waals surface area contributed by atoms with E-state index in [1.54, 1.807) is 0 Å². The van der Waals surface area contributed by atoms with Crippen LogP contribution in [0.1, 0.15) is 12.8 Å². The summed E-state index contributed by atoms with van der Waals surface area (Å²) in [4.78, 5) is 10.8. The molecule has 12 heavy (non-hydrogen) atoms. The summed E-state index contributed by atoms with van der Waals surface area (Å²) in [7, 11) is 0. The Kier molecular flexibility index (Phi) is 3.31. The molecular formula is C7H14N2O3. The first-order chi connectivity index (χ1) is 5.77. The first kappa shape index (κ1) is 9.28. The van der Waals surface area contributed by atoms with E-state index in [2.05, 4.69) is 10.6 Å². The van der Waals surface area contributed by atoms with Gasteiger partial charge >= 0.3 is 6.03 Å². The van der Waals surface area contributed by atoms with Crippen LogP contribution >= 0.6 is 0 Å². The molecule has 1 fully saturated rings. The molecule has 1 rings (SSSR count). The van der Waals surface area contributed by atoms with Crippen LogP contribution in [-0.4, -0.2) is 41.5 Å². The Morgan fingerprint density at radius 3 is 1.83 bits per heavy atom. The number of hydrogen-bond acceptors (Lipinski definition) is 3. The van der Waals surface area contributed by atoms with Crippen LogP contribution in [-0.2, 0) is 0 Å². The van der Waals surface area contributed by atoms with Crippen molar-refractivity contribution in [3.8, 4) is 0 Å². The minimum absolute atomic E-state index is 0.0466. The number of hydrogen-bond donors (Lipinski definition) is 4. The topological polar surface area (TPSA) is 81.6 Å². The fourth-order valence-electron chi connectivity index (χ4n) is 1.40. The first-order valence-corrected chi connectivity index (χ1v) is 4.06. The Balaban J connectivity index is 2.41. The second-order valence-electron chi connectivity index (χ2n) is 2.86. The molecule has 1 heterocycles. The largest absolute Gasteiger partial charge is 0.396 e. The quantitative estimate of drug-likeness (QED) is 0.432. The molecule has 1 aliphatic rings. The van der Waals surface area contributed by atoms with Crippen molar-refractivity contribution in [2.24, 2.45) is 0 Å². The molecule has 0 aromatic carbocycles. The molecule has 0 radical (unpaired) electrons. The molecule has 0 bridgehead atoms. The third-order valence-electron chi connectivity index (χ3n) is 2.00. The molecule has 5 nitrogen and oxygen atoms in total. The van der Waals surface area contributed by atoms with Crippen molar-refractivity contribution in [2.45, 2.75) is 24.9 Å². The summed E-state index contributed by atoms with van der Waals surface area (Å²) in [6.45, 7) is 0.100. The summed E-state index contributed by atoms with van der Waals surface area (Å²) in [5, 5.41) is 22.7. The van der Waals surface area contributed by atoms with E-state index in [1.165, 1.54) is 0 Å². The molecule has 1 aliphatic heterocycles. The van der Waals surface area contributed by atoms with Crippen LogP contribution in [0.2, 0.25) is 0 Å². The Morgan fingerprint density at radius 1 is 1.08 bits per heavy atom. The van der Waals surface area contributed by atoms with Crippen LogP contribution in [0.3, 0.4) is 0 Å². The van der Waals surface area contributed by atoms with Crippen molar-refractivity contribution in [3.05, 3.63) is 0 Å². The molecular weight excluding hydrogens is 160 g/mol. The number of amides is 2. The van der Waals surface area contributed by atoms with E-state index >= 15 is 0 Å². The maximum atomic E-state index is 10.8. The fourth-order valence-corrected chi connectivity index (χ4v) is 1.40. The zero-order chi connectivity index (χ0) is 8.97. The van der Waals surface area contributed by atoms with Crippen molar-refractivity contribution in [2.75, 3.05) is 13.2 Å². The molecule has 0 aliphatic carbocycles. The number of rotatable bonds is 4. The molecule has 2 atom stereocenters. The van der Waals surface area contributed by atoms with E-state index in [1.807, 2.05) is 0 Å². The summed E-state index contributed by atoms with van der Waals surface area (Å²) in [5.74, 6) is 0. The van der Waals surface area contributed by atoms with Gasteiger partial charge in [0.2, 0.25) is 0 Å². The van der Waals surface area contributed by atoms with Gasteiger partial charge in [0, 0.05) is 13.2 Å². The number of carbonyl (C=O) groups excluding carboxylic acids is 1. The Morgan fingerprint density at radius 2 is 1.50 bits per heavy atom. The molecule has 1 saturated heterocycles. The van der Waals surface area contributed by atoms with Gasteiger partial charge in [0.1, 0.15) is 0 Å². The molecule has 0 aromatic heterocycles. The lowest BCUT2D eigenvalue weighted by Gasteiger charge is -2.15. The van der Waals surface area contributed by atoms with Crippen molar-refractivity contribution < 1.29 is 15.0 Å². The van der Waals surface area contributed by atoms with E-state index in [0.717, 1.165) is 0 Å². The fraction of sp³-hybridized carbons (Fsp3) is 0.857. The van der Waals surface area contributed by atoms with Gasteiger partial charge in [-0.25, -0.2) is 4.79 Å². The molecule has 0 spiro atoms. The summed E-state index contributed by atoms with van der Waals surface area (Å²) in [6, 6.07) is -0.309. The van der Waals surface area contributed by atoms with Crippen LogP contribution in [0.15, 0.2) is 0 Å². The highest BCUT2D eigenvalue weighted by atomic mass is 16.3. The van der Waals surface area contributed by atoms with Gasteiger partial charge in [-0.3, -0.25) is 0 Å². The average Bonchev–Trinajstić information content (AvgIpc) is 2.33. The maximum absolute atomic E-state index is 10.8. The maximum Gasteiger partial charge on any atom is 0.315 e. The smallest absolute Gasteiger partial charge is 0.315 e. The van der Waals surface area contributed by atoms with Gasteiger partial charge in [0.05, 0.1) is 12.1 Å². The molecule has 2 unspecified atom stereocenters. The molecule has 2 amide bonds. The Bertz CT molecular complexity index is 147. The zero-order valence-corrected chi connectivity index (χ0v) is 6.79. The molecule has 0 saturated carbocycles. The summed E-state index contributed by atoms with van der Waals surface area (Å²) < 4.78 is 0. The van der Waals surface area contributed by atoms with Gasteiger partial charge in [-0.2, -0.15) is 0 Å². The van der Waals surface area contributed by atoms with Crippen molar-refractivity contribution in [3.63, 3.8) is 0 Å². The van der Waals surface area contributed by atoms with E-state index in [-0.39, 0.29) is 31.3 Å². The third kappa shape index (κ3) is 2.09. The Labute approximate surface area is 70.8 Å². The zero-order valence-electron chi connectivity index (χ0n) is 6.79. The molecule has 70 valence electrons. The summed E-state index contributed by atoms with van der Waals surface area (Å²) in [6.07, 6.45) is 1.06. The number of aliphatic hydroxyl groups is 2. The van der Waals surface area contributed by atoms with Crippen molar-refractivity contribution >= 4 is 6.03 Å². The van der Waals surface area contributed by atoms with Gasteiger partial charge in [0.15, 0.2) is 0 Å². The monoisotopic (exact) mass is 174 g/mol. The van der Waals surface area contributed by atoms with Gasteiger partial charge in [-0.15, -0.1) is 0 Å². The lowest BCUT2D eigenvalue weighted by molar-refractivity contribution is 0.239. The highest BCUT2D eigenvalue weighted by molar-refractivity contribution is 5.77. The van der Waals surface area contributed by atoms with E-state index < -0.39 is 0 Å². The summed E-state index contributed by atoms with van der Waals surface area (Å²) >= 11 is 0. The van der Waals surface area contributed by atoms with Gasteiger partial charge in [-0.1, -0.05) is 0 Å². The average molecular weight is 174 g/mol. The first-order valence-electron chi connectivity index (χ1n) is 4.06. The minimum Gasteiger partial charge on any atom is -0.396 e. The predicted molar refractivity (Wildman–Crippen MR) is 42.6 cm³/mol. The number of urea groups is 1. The standard InChI is InChI=1S/C7H14N2O3/c10-3-1-5-6(2-4-11)9-7(12)8-5/h5-6,10-11H,1-4H2,(H2,8,9,12). The number of aliphatic hydroxyl groups excluding tert-OH is 2. The van der Waals surface area contributed by atoms with Crippen LogP contribution in [0.5, 0.6) is 0 Å². The Hall–Kier alpha value is -0.810. The van der Waals surface area contributed by atoms with E-state index in [9.17, 15) is 4.79 Å². The third-order valence-corrected chi connectivity index (χ3v) is 2.00. The van der Waals surface area contributed by atoms with E-state index in [4.69, 9.17) is 10.2 Å². The second-order valence-corrected chi connectivity index (χ2v) is 2.86. The van der Waals surface area contributed by atoms with Crippen molar-refractivity contribution in [1.29, 1.82) is 0 Å². The van der Waals surface area contributed by atoms with Gasteiger partial charge in [-0.05, 0) is 12.8 Å². The number of nitrogens with one attached hydrogen (secondary N) is 2. The molecule has 0 aromatic rings. The molecule has 5 heteroatoms. The second kappa shape index (κ2) is 4.27. The predicted octanol–water partition coefficient (Wildman–Crippen LogP) is -1.20. The van der Waals surface area contributed by atoms with Gasteiger partial charge < -0.3 is 20.8 Å². The van der Waals surface area contributed by atoms with Gasteiger partial charge in [0.25, 0.3) is 0 Å².